The van der Waals surface area contributed by atoms with Crippen LogP contribution in [-0.2, 0) is 16.4 Å². The van der Waals surface area contributed by atoms with E-state index >= 15 is 0 Å². The van der Waals surface area contributed by atoms with E-state index < -0.39 is 10.0 Å². The monoisotopic (exact) mass is 434 g/mol. The molecule has 144 valence electrons. The van der Waals surface area contributed by atoms with E-state index in [0.717, 1.165) is 17.8 Å². The summed E-state index contributed by atoms with van der Waals surface area (Å²) in [5.41, 5.74) is 0. The van der Waals surface area contributed by atoms with Crippen molar-refractivity contribution in [3.8, 4) is 0 Å². The maximum Gasteiger partial charge on any atom is 0.250 e. The Morgan fingerprint density at radius 3 is 2.58 bits per heavy atom. The van der Waals surface area contributed by atoms with Gasteiger partial charge in [0.25, 0.3) is 0 Å². The Morgan fingerprint density at radius 1 is 1.23 bits per heavy atom. The first-order valence-electron chi connectivity index (χ1n) is 8.07. The van der Waals surface area contributed by atoms with Crippen molar-refractivity contribution in [1.82, 2.24) is 15.4 Å². The van der Waals surface area contributed by atoms with Crippen LogP contribution in [0.4, 0.5) is 0 Å². The number of nitrogens with zero attached hydrogens (tertiary/aromatic N) is 1. The van der Waals surface area contributed by atoms with E-state index in [4.69, 9.17) is 11.6 Å². The van der Waals surface area contributed by atoms with Crippen molar-refractivity contribution in [2.75, 3.05) is 20.1 Å². The van der Waals surface area contributed by atoms with Gasteiger partial charge in [-0.3, -0.25) is 4.99 Å². The van der Waals surface area contributed by atoms with E-state index in [2.05, 4.69) is 46.3 Å². The van der Waals surface area contributed by atoms with Crippen LogP contribution >= 0.6 is 34.3 Å². The lowest BCUT2D eigenvalue weighted by molar-refractivity contribution is 0.581. The lowest BCUT2D eigenvalue weighted by Crippen LogP contribution is -2.45. The van der Waals surface area contributed by atoms with E-state index in [1.54, 1.807) is 24.5 Å². The second kappa shape index (κ2) is 9.70. The summed E-state index contributed by atoms with van der Waals surface area (Å²) in [5.74, 6) is 0.643. The molecule has 26 heavy (non-hydrogen) atoms. The van der Waals surface area contributed by atoms with E-state index in [9.17, 15) is 8.42 Å². The normalized spacial score (nSPS) is 13.6. The molecule has 2 rings (SSSR count). The summed E-state index contributed by atoms with van der Waals surface area (Å²) < 4.78 is 27.4. The Labute approximate surface area is 167 Å². The Balaban J connectivity index is 1.74. The lowest BCUT2D eigenvalue weighted by Gasteiger charge is -2.17. The van der Waals surface area contributed by atoms with Crippen molar-refractivity contribution >= 4 is 50.3 Å². The zero-order chi connectivity index (χ0) is 19.2. The van der Waals surface area contributed by atoms with Crippen LogP contribution < -0.4 is 15.4 Å². The van der Waals surface area contributed by atoms with Gasteiger partial charge >= 0.3 is 0 Å². The standard InChI is InChI=1S/C16H23ClN4O2S3/c1-11(10-13-5-4-12(2)24-13)21-16(18-3)19-8-9-20-26(22,23)15-7-6-14(17)25-15/h4-7,11,20H,8-10H2,1-3H3,(H2,18,19,21). The van der Waals surface area contributed by atoms with Gasteiger partial charge in [-0.15, -0.1) is 22.7 Å². The third-order valence-corrected chi connectivity index (χ3v) is 7.64. The first kappa shape index (κ1) is 21.2. The molecule has 0 aliphatic carbocycles. The van der Waals surface area contributed by atoms with Crippen LogP contribution in [0.5, 0.6) is 0 Å². The van der Waals surface area contributed by atoms with E-state index in [-0.39, 0.29) is 16.8 Å². The van der Waals surface area contributed by atoms with Gasteiger partial charge in [0, 0.05) is 42.4 Å². The maximum absolute atomic E-state index is 12.1. The molecule has 10 heteroatoms. The van der Waals surface area contributed by atoms with Gasteiger partial charge in [0.2, 0.25) is 10.0 Å². The lowest BCUT2D eigenvalue weighted by atomic mass is 10.2. The van der Waals surface area contributed by atoms with Gasteiger partial charge in [0.05, 0.1) is 4.34 Å². The molecule has 0 aliphatic rings. The highest BCUT2D eigenvalue weighted by atomic mass is 35.5. The predicted molar refractivity (Wildman–Crippen MR) is 111 cm³/mol. The molecule has 2 aromatic heterocycles. The second-order valence-corrected chi connectivity index (χ2v) is 10.8. The summed E-state index contributed by atoms with van der Waals surface area (Å²) >= 11 is 8.61. The number of hydrogen-bond donors (Lipinski definition) is 3. The van der Waals surface area contributed by atoms with Gasteiger partial charge in [-0.05, 0) is 38.1 Å². The number of nitrogens with one attached hydrogen (secondary N) is 3. The smallest absolute Gasteiger partial charge is 0.250 e. The summed E-state index contributed by atoms with van der Waals surface area (Å²) in [6, 6.07) is 7.54. The molecule has 6 nitrogen and oxygen atoms in total. The molecule has 1 unspecified atom stereocenters. The van der Waals surface area contributed by atoms with Crippen LogP contribution in [-0.4, -0.2) is 40.6 Å². The summed E-state index contributed by atoms with van der Waals surface area (Å²) in [6.45, 7) is 4.85. The summed E-state index contributed by atoms with van der Waals surface area (Å²) in [4.78, 5) is 6.80. The van der Waals surface area contributed by atoms with E-state index in [1.807, 2.05) is 0 Å². The summed E-state index contributed by atoms with van der Waals surface area (Å²) in [7, 11) is -1.83. The van der Waals surface area contributed by atoms with Crippen molar-refractivity contribution < 1.29 is 8.42 Å². The highest BCUT2D eigenvalue weighted by Gasteiger charge is 2.16. The minimum absolute atomic E-state index is 0.212. The number of aliphatic imine (C=N–C) groups is 1. The topological polar surface area (TPSA) is 82.6 Å². The van der Waals surface area contributed by atoms with Crippen molar-refractivity contribution in [2.45, 2.75) is 30.5 Å². The average Bonchev–Trinajstić information content (AvgIpc) is 3.19. The van der Waals surface area contributed by atoms with Gasteiger partial charge in [-0.2, -0.15) is 0 Å². The van der Waals surface area contributed by atoms with E-state index in [0.29, 0.717) is 16.8 Å². The molecule has 2 heterocycles. The Kier molecular flexibility index (Phi) is 7.90. The molecule has 2 aromatic rings. The number of guanidine groups is 1. The van der Waals surface area contributed by atoms with Gasteiger partial charge in [0.1, 0.15) is 4.21 Å². The molecular formula is C16H23ClN4O2S3. The molecular weight excluding hydrogens is 412 g/mol. The Hall–Kier alpha value is -1.13. The fourth-order valence-corrected chi connectivity index (χ4v) is 5.83. The fourth-order valence-electron chi connectivity index (χ4n) is 2.26. The Morgan fingerprint density at radius 2 is 2.00 bits per heavy atom. The summed E-state index contributed by atoms with van der Waals surface area (Å²) in [5, 5.41) is 6.42. The quantitative estimate of drug-likeness (QED) is 0.339. The van der Waals surface area contributed by atoms with Crippen LogP contribution in [0.1, 0.15) is 16.7 Å². The number of rotatable bonds is 8. The largest absolute Gasteiger partial charge is 0.355 e. The zero-order valence-electron chi connectivity index (χ0n) is 14.9. The molecule has 0 fully saturated rings. The fraction of sp³-hybridized carbons (Fsp3) is 0.438. The molecule has 0 spiro atoms. The molecule has 0 saturated heterocycles. The number of thiophene rings is 2. The molecule has 0 radical (unpaired) electrons. The molecule has 1 atom stereocenters. The number of aryl methyl sites for hydroxylation is 1. The molecule has 3 N–H and O–H groups in total. The predicted octanol–water partition coefficient (Wildman–Crippen LogP) is 2.85. The van der Waals surface area contributed by atoms with Crippen LogP contribution in [0.2, 0.25) is 4.34 Å². The second-order valence-electron chi connectivity index (χ2n) is 5.72. The van der Waals surface area contributed by atoms with Crippen LogP contribution in [0, 0.1) is 6.92 Å². The first-order valence-corrected chi connectivity index (χ1v) is 11.6. The molecule has 0 amide bonds. The maximum atomic E-state index is 12.1. The average molecular weight is 435 g/mol. The number of sulfonamides is 1. The van der Waals surface area contributed by atoms with Crippen LogP contribution in [0.15, 0.2) is 33.5 Å². The summed E-state index contributed by atoms with van der Waals surface area (Å²) in [6.07, 6.45) is 0.908. The van der Waals surface area contributed by atoms with E-state index in [1.165, 1.54) is 15.8 Å². The van der Waals surface area contributed by atoms with Gasteiger partial charge < -0.3 is 10.6 Å². The number of halogens is 1. The van der Waals surface area contributed by atoms with Crippen LogP contribution in [0.3, 0.4) is 0 Å². The van der Waals surface area contributed by atoms with Crippen LogP contribution in [0.25, 0.3) is 0 Å². The molecule has 0 aliphatic heterocycles. The van der Waals surface area contributed by atoms with Crippen molar-refractivity contribution in [2.24, 2.45) is 4.99 Å². The van der Waals surface area contributed by atoms with Gasteiger partial charge in [0.15, 0.2) is 5.96 Å². The molecule has 0 saturated carbocycles. The highest BCUT2D eigenvalue weighted by Crippen LogP contribution is 2.25. The molecule has 0 aromatic carbocycles. The Bertz CT molecular complexity index is 845. The SMILES string of the molecule is CN=C(NCCNS(=O)(=O)c1ccc(Cl)s1)NC(C)Cc1ccc(C)s1. The van der Waals surface area contributed by atoms with Gasteiger partial charge in [-0.25, -0.2) is 13.1 Å². The third-order valence-electron chi connectivity index (χ3n) is 3.43. The molecule has 0 bridgehead atoms. The minimum atomic E-state index is -3.52. The van der Waals surface area contributed by atoms with Crippen molar-refractivity contribution in [1.29, 1.82) is 0 Å². The zero-order valence-corrected chi connectivity index (χ0v) is 18.1. The minimum Gasteiger partial charge on any atom is -0.355 e. The van der Waals surface area contributed by atoms with Crippen molar-refractivity contribution in [3.05, 3.63) is 38.4 Å². The van der Waals surface area contributed by atoms with Gasteiger partial charge in [-0.1, -0.05) is 11.6 Å². The third kappa shape index (κ3) is 6.55. The number of hydrogen-bond acceptors (Lipinski definition) is 5. The first-order chi connectivity index (χ1) is 12.3. The van der Waals surface area contributed by atoms with Crippen molar-refractivity contribution in [3.63, 3.8) is 0 Å². The highest BCUT2D eigenvalue weighted by molar-refractivity contribution is 7.91.